The second-order valence-corrected chi connectivity index (χ2v) is 6.61. The van der Waals surface area contributed by atoms with E-state index < -0.39 is 0 Å². The number of phenolic OH excluding ortho intramolecular Hbond substituents is 1. The van der Waals surface area contributed by atoms with Gasteiger partial charge in [0.2, 0.25) is 0 Å². The van der Waals surface area contributed by atoms with E-state index >= 15 is 0 Å². The average Bonchev–Trinajstić information content (AvgIpc) is 3.03. The molecule has 6 nitrogen and oxygen atoms in total. The number of anilines is 1. The number of hydrogen-bond acceptors (Lipinski definition) is 6. The Morgan fingerprint density at radius 1 is 1.08 bits per heavy atom. The summed E-state index contributed by atoms with van der Waals surface area (Å²) in [5, 5.41) is 18.4. The molecule has 4 aromatic rings. The van der Waals surface area contributed by atoms with E-state index in [2.05, 4.69) is 20.2 Å². The van der Waals surface area contributed by atoms with Crippen LogP contribution in [0.15, 0.2) is 58.6 Å². The normalized spacial score (nSPS) is 11.1. The first-order chi connectivity index (χ1) is 12.1. The number of nitrogens with two attached hydrogens (primary N) is 1. The maximum absolute atomic E-state index is 9.93. The van der Waals surface area contributed by atoms with E-state index in [0.29, 0.717) is 15.9 Å². The maximum atomic E-state index is 9.93. The Bertz CT molecular complexity index is 1080. The zero-order valence-electron chi connectivity index (χ0n) is 13.4. The van der Waals surface area contributed by atoms with Gasteiger partial charge in [-0.25, -0.2) is 9.97 Å². The Hall–Kier alpha value is -3.06. The molecule has 7 heteroatoms. The quantitative estimate of drug-likeness (QED) is 0.487. The summed E-state index contributed by atoms with van der Waals surface area (Å²) in [7, 11) is 0. The van der Waals surface area contributed by atoms with Gasteiger partial charge in [-0.2, -0.15) is 5.10 Å². The van der Waals surface area contributed by atoms with Crippen LogP contribution in [0.25, 0.3) is 22.2 Å². The lowest BCUT2D eigenvalue weighted by Crippen LogP contribution is -1.98. The number of para-hydroxylation sites is 1. The van der Waals surface area contributed by atoms with Crippen molar-refractivity contribution in [1.29, 1.82) is 0 Å². The molecule has 2 aromatic heterocycles. The van der Waals surface area contributed by atoms with Crippen LogP contribution in [0, 0.1) is 6.92 Å². The molecular weight excluding hydrogens is 334 g/mol. The molecule has 0 saturated heterocycles. The summed E-state index contributed by atoms with van der Waals surface area (Å²) in [5.41, 5.74) is 9.63. The summed E-state index contributed by atoms with van der Waals surface area (Å²) in [6, 6.07) is 14.8. The van der Waals surface area contributed by atoms with Crippen LogP contribution in [0.2, 0.25) is 0 Å². The molecule has 0 bridgehead atoms. The molecule has 0 radical (unpaired) electrons. The van der Waals surface area contributed by atoms with E-state index in [4.69, 9.17) is 5.73 Å². The van der Waals surface area contributed by atoms with Crippen molar-refractivity contribution in [2.75, 3.05) is 5.73 Å². The first-order valence-corrected chi connectivity index (χ1v) is 8.48. The fourth-order valence-corrected chi connectivity index (χ4v) is 3.45. The lowest BCUT2D eigenvalue weighted by atomic mass is 10.1. The van der Waals surface area contributed by atoms with Crippen LogP contribution in [0.5, 0.6) is 5.75 Å². The van der Waals surface area contributed by atoms with E-state index in [9.17, 15) is 5.11 Å². The number of H-pyrrole nitrogens is 1. The summed E-state index contributed by atoms with van der Waals surface area (Å²) in [4.78, 5) is 9.68. The summed E-state index contributed by atoms with van der Waals surface area (Å²) in [6.07, 6.45) is 0. The van der Waals surface area contributed by atoms with Gasteiger partial charge >= 0.3 is 0 Å². The summed E-state index contributed by atoms with van der Waals surface area (Å²) >= 11 is 1.27. The highest BCUT2D eigenvalue weighted by molar-refractivity contribution is 7.99. The van der Waals surface area contributed by atoms with Gasteiger partial charge in [-0.15, -0.1) is 0 Å². The second-order valence-electron chi connectivity index (χ2n) is 5.60. The van der Waals surface area contributed by atoms with E-state index in [-0.39, 0.29) is 5.75 Å². The number of aromatic hydroxyl groups is 1. The number of phenols is 1. The van der Waals surface area contributed by atoms with Gasteiger partial charge in [0.05, 0.1) is 21.5 Å². The van der Waals surface area contributed by atoms with Crippen LogP contribution in [-0.4, -0.2) is 25.3 Å². The molecule has 2 heterocycles. The lowest BCUT2D eigenvalue weighted by molar-refractivity contribution is 0.462. The molecule has 4 N–H and O–H groups in total. The number of nitrogen functional groups attached to an aromatic ring is 1. The molecule has 4 rings (SSSR count). The van der Waals surface area contributed by atoms with Gasteiger partial charge in [-0.1, -0.05) is 24.3 Å². The fraction of sp³-hybridized carbons (Fsp3) is 0.0556. The molecule has 0 unspecified atom stereocenters. The first-order valence-electron chi connectivity index (χ1n) is 7.66. The maximum Gasteiger partial charge on any atom is 0.195 e. The van der Waals surface area contributed by atoms with Gasteiger partial charge in [-0.3, -0.25) is 5.10 Å². The number of nitrogens with zero attached hydrogens (tertiary/aromatic N) is 3. The zero-order valence-corrected chi connectivity index (χ0v) is 14.2. The summed E-state index contributed by atoms with van der Waals surface area (Å²) in [6.45, 7) is 1.95. The van der Waals surface area contributed by atoms with Gasteiger partial charge in [-0.05, 0) is 43.0 Å². The molecular formula is C18H15N5OS. The number of nitrogens with one attached hydrogen (secondary N) is 1. The van der Waals surface area contributed by atoms with Gasteiger partial charge in [0.1, 0.15) is 11.6 Å². The van der Waals surface area contributed by atoms with E-state index in [0.717, 1.165) is 27.9 Å². The third-order valence-corrected chi connectivity index (χ3v) is 4.71. The number of rotatable bonds is 3. The molecule has 0 atom stereocenters. The van der Waals surface area contributed by atoms with Gasteiger partial charge in [0, 0.05) is 11.3 Å². The highest BCUT2D eigenvalue weighted by Crippen LogP contribution is 2.35. The third-order valence-electron chi connectivity index (χ3n) is 3.78. The zero-order chi connectivity index (χ0) is 17.4. The monoisotopic (exact) mass is 349 g/mol. The van der Waals surface area contributed by atoms with Crippen LogP contribution in [0.4, 0.5) is 5.82 Å². The third kappa shape index (κ3) is 2.89. The van der Waals surface area contributed by atoms with Gasteiger partial charge in [0.25, 0.3) is 0 Å². The molecule has 0 saturated carbocycles. The Labute approximate surface area is 148 Å². The largest absolute Gasteiger partial charge is 0.507 e. The van der Waals surface area contributed by atoms with Crippen molar-refractivity contribution in [3.05, 3.63) is 54.2 Å². The lowest BCUT2D eigenvalue weighted by Gasteiger charge is -2.09. The molecule has 0 spiro atoms. The number of aromatic amines is 1. The van der Waals surface area contributed by atoms with Crippen molar-refractivity contribution in [1.82, 2.24) is 20.2 Å². The summed E-state index contributed by atoms with van der Waals surface area (Å²) in [5.74, 6) is 0.578. The predicted molar refractivity (Wildman–Crippen MR) is 98.5 cm³/mol. The number of aryl methyl sites for hydroxylation is 1. The highest BCUT2D eigenvalue weighted by atomic mass is 32.2. The Kier molecular flexibility index (Phi) is 3.77. The fourth-order valence-electron chi connectivity index (χ4n) is 2.65. The minimum Gasteiger partial charge on any atom is -0.507 e. The average molecular weight is 349 g/mol. The molecule has 124 valence electrons. The van der Waals surface area contributed by atoms with E-state index in [1.54, 1.807) is 12.1 Å². The Morgan fingerprint density at radius 3 is 2.68 bits per heavy atom. The number of aromatic nitrogens is 4. The van der Waals surface area contributed by atoms with Crippen LogP contribution in [0.3, 0.4) is 0 Å². The van der Waals surface area contributed by atoms with E-state index in [1.165, 1.54) is 11.8 Å². The van der Waals surface area contributed by atoms with Crippen LogP contribution in [-0.2, 0) is 0 Å². The smallest absolute Gasteiger partial charge is 0.195 e. The molecule has 0 fully saturated rings. The van der Waals surface area contributed by atoms with Crippen molar-refractivity contribution in [3.63, 3.8) is 0 Å². The van der Waals surface area contributed by atoms with Crippen molar-refractivity contribution < 1.29 is 5.11 Å². The molecule has 0 amide bonds. The van der Waals surface area contributed by atoms with Crippen molar-refractivity contribution in [3.8, 4) is 17.0 Å². The highest BCUT2D eigenvalue weighted by Gasteiger charge is 2.14. The van der Waals surface area contributed by atoms with Gasteiger partial charge < -0.3 is 10.8 Å². The predicted octanol–water partition coefficient (Wildman–Crippen LogP) is 3.77. The summed E-state index contributed by atoms with van der Waals surface area (Å²) < 4.78 is 0. The second kappa shape index (κ2) is 6.10. The van der Waals surface area contributed by atoms with Crippen LogP contribution >= 0.6 is 11.8 Å². The van der Waals surface area contributed by atoms with Crippen molar-refractivity contribution in [2.45, 2.75) is 17.0 Å². The standard InChI is InChI=1S/C18H15N5OS/c1-10-9-13(23-22-10)11-5-4-6-12-16(11)17(19)21-18(20-12)25-15-8-3-2-7-14(15)24/h2-9,24H,1H3,(H,22,23)(H2,19,20,21). The van der Waals surface area contributed by atoms with Crippen molar-refractivity contribution >= 4 is 28.5 Å². The number of hydrogen-bond donors (Lipinski definition) is 3. The minimum absolute atomic E-state index is 0.190. The Balaban J connectivity index is 1.82. The molecule has 0 aliphatic carbocycles. The first kappa shape index (κ1) is 15.5. The van der Waals surface area contributed by atoms with E-state index in [1.807, 2.05) is 43.3 Å². The van der Waals surface area contributed by atoms with Crippen LogP contribution in [0.1, 0.15) is 5.69 Å². The SMILES string of the molecule is Cc1cc(-c2cccc3nc(Sc4ccccc4O)nc(N)c23)n[nH]1. The van der Waals surface area contributed by atoms with Crippen molar-refractivity contribution in [2.24, 2.45) is 0 Å². The molecule has 0 aliphatic rings. The minimum atomic E-state index is 0.190. The number of fused-ring (bicyclic) bond motifs is 1. The Morgan fingerprint density at radius 2 is 1.92 bits per heavy atom. The number of benzene rings is 2. The molecule has 0 aliphatic heterocycles. The molecule has 2 aromatic carbocycles. The van der Waals surface area contributed by atoms with Gasteiger partial charge in [0.15, 0.2) is 5.16 Å². The van der Waals surface area contributed by atoms with Crippen LogP contribution < -0.4 is 5.73 Å². The molecule has 25 heavy (non-hydrogen) atoms. The topological polar surface area (TPSA) is 101 Å².